The van der Waals surface area contributed by atoms with Crippen LogP contribution in [0.25, 0.3) is 0 Å². The summed E-state index contributed by atoms with van der Waals surface area (Å²) in [5.74, 6) is 0.177. The molecule has 1 aliphatic rings. The molecule has 0 aliphatic carbocycles. The van der Waals surface area contributed by atoms with E-state index in [2.05, 4.69) is 33.5 Å². The fourth-order valence-electron chi connectivity index (χ4n) is 3.66. The first kappa shape index (κ1) is 24.4. The van der Waals surface area contributed by atoms with E-state index in [0.717, 1.165) is 43.2 Å². The number of piperazine rings is 1. The van der Waals surface area contributed by atoms with Gasteiger partial charge in [-0.3, -0.25) is 9.59 Å². The van der Waals surface area contributed by atoms with Gasteiger partial charge in [0.25, 0.3) is 5.91 Å². The second-order valence-electron chi connectivity index (χ2n) is 8.07. The molecule has 0 saturated carbocycles. The molecule has 2 aromatic carbocycles. The third kappa shape index (κ3) is 6.40. The molecule has 1 saturated heterocycles. The first-order valence-corrected chi connectivity index (χ1v) is 12.6. The molecule has 2 aromatic rings. The molecule has 1 heterocycles. The minimum atomic E-state index is -0.650. The Balaban J connectivity index is 1.69. The first-order valence-electron chi connectivity index (χ1n) is 10.8. The lowest BCUT2D eigenvalue weighted by molar-refractivity contribution is -0.118. The molecule has 0 radical (unpaired) electrons. The lowest BCUT2D eigenvalue weighted by Gasteiger charge is -2.34. The summed E-state index contributed by atoms with van der Waals surface area (Å²) in [6.45, 7) is 6.06. The van der Waals surface area contributed by atoms with Crippen molar-refractivity contribution in [2.45, 2.75) is 19.4 Å². The predicted molar refractivity (Wildman–Crippen MR) is 135 cm³/mol. The molecule has 1 aliphatic heterocycles. The maximum atomic E-state index is 13.1. The number of carbonyl (C=O) groups excluding carboxylic acids is 2. The van der Waals surface area contributed by atoms with Crippen molar-refractivity contribution in [2.75, 3.05) is 55.5 Å². The molecule has 0 aromatic heterocycles. The quantitative estimate of drug-likeness (QED) is 0.607. The summed E-state index contributed by atoms with van der Waals surface area (Å²) in [4.78, 5) is 30.5. The molecule has 1 atom stereocenters. The van der Waals surface area contributed by atoms with Crippen LogP contribution in [0.15, 0.2) is 42.5 Å². The molecule has 0 spiro atoms. The number of anilines is 2. The van der Waals surface area contributed by atoms with Crippen molar-refractivity contribution in [3.8, 4) is 0 Å². The number of benzene rings is 2. The number of hydrogen-bond acceptors (Lipinski definition) is 5. The molecule has 3 rings (SSSR count). The molecule has 8 heteroatoms. The third-order valence-corrected chi connectivity index (χ3v) is 6.66. The van der Waals surface area contributed by atoms with Crippen molar-refractivity contribution in [3.63, 3.8) is 0 Å². The van der Waals surface area contributed by atoms with E-state index < -0.39 is 6.04 Å². The molecule has 2 N–H and O–H groups in total. The van der Waals surface area contributed by atoms with Crippen LogP contribution in [0.3, 0.4) is 0 Å². The number of nitrogens with one attached hydrogen (secondary N) is 2. The predicted octanol–water partition coefficient (Wildman–Crippen LogP) is 3.89. The Hall–Kier alpha value is -2.22. The Labute approximate surface area is 199 Å². The number of carbonyl (C=O) groups is 2. The number of aryl methyl sites for hydroxylation is 1. The zero-order chi connectivity index (χ0) is 23.1. The van der Waals surface area contributed by atoms with Gasteiger partial charge in [-0.25, -0.2) is 0 Å². The highest BCUT2D eigenvalue weighted by Crippen LogP contribution is 2.24. The molecule has 172 valence electrons. The number of thioether (sulfide) groups is 1. The van der Waals surface area contributed by atoms with E-state index in [0.29, 0.717) is 17.0 Å². The second kappa shape index (κ2) is 11.6. The van der Waals surface area contributed by atoms with Crippen LogP contribution in [0, 0.1) is 6.92 Å². The summed E-state index contributed by atoms with van der Waals surface area (Å²) in [6.07, 6.45) is 2.51. The standard InChI is InChI=1S/C24H31ClN4O2S/c1-17-16-18(29-13-11-28(2)12-14-29)8-9-21(17)26-24(31)22(10-15-32-3)27-23(30)19-6-4-5-7-20(19)25/h4-9,16,22H,10-15H2,1-3H3,(H,26,31)(H,27,30)/t22-/m0/s1. The van der Waals surface area contributed by atoms with Gasteiger partial charge in [-0.2, -0.15) is 11.8 Å². The van der Waals surface area contributed by atoms with Gasteiger partial charge in [0.1, 0.15) is 6.04 Å². The van der Waals surface area contributed by atoms with Crippen LogP contribution in [-0.2, 0) is 4.79 Å². The maximum absolute atomic E-state index is 13.1. The lowest BCUT2D eigenvalue weighted by Crippen LogP contribution is -2.44. The Bertz CT molecular complexity index is 947. The van der Waals surface area contributed by atoms with Crippen molar-refractivity contribution in [1.82, 2.24) is 10.2 Å². The molecule has 0 unspecified atom stereocenters. The van der Waals surface area contributed by atoms with E-state index in [4.69, 9.17) is 11.6 Å². The topological polar surface area (TPSA) is 64.7 Å². The summed E-state index contributed by atoms with van der Waals surface area (Å²) >= 11 is 7.79. The zero-order valence-corrected chi connectivity index (χ0v) is 20.4. The highest BCUT2D eigenvalue weighted by Gasteiger charge is 2.23. The van der Waals surface area contributed by atoms with Gasteiger partial charge in [0.15, 0.2) is 0 Å². The maximum Gasteiger partial charge on any atom is 0.253 e. The molecule has 6 nitrogen and oxygen atoms in total. The molecule has 0 bridgehead atoms. The van der Waals surface area contributed by atoms with Gasteiger partial charge in [-0.1, -0.05) is 23.7 Å². The van der Waals surface area contributed by atoms with Crippen LogP contribution < -0.4 is 15.5 Å². The minimum Gasteiger partial charge on any atom is -0.369 e. The summed E-state index contributed by atoms with van der Waals surface area (Å²) in [7, 11) is 2.14. The summed E-state index contributed by atoms with van der Waals surface area (Å²) in [6, 6.07) is 12.3. The van der Waals surface area contributed by atoms with Crippen LogP contribution in [0.1, 0.15) is 22.3 Å². The molecule has 2 amide bonds. The van der Waals surface area contributed by atoms with E-state index in [1.165, 1.54) is 5.69 Å². The smallest absolute Gasteiger partial charge is 0.253 e. The van der Waals surface area contributed by atoms with E-state index >= 15 is 0 Å². The van der Waals surface area contributed by atoms with E-state index in [9.17, 15) is 9.59 Å². The number of nitrogens with zero attached hydrogens (tertiary/aromatic N) is 2. The fourth-order valence-corrected chi connectivity index (χ4v) is 4.35. The fraction of sp³-hybridized carbons (Fsp3) is 0.417. The van der Waals surface area contributed by atoms with Gasteiger partial charge >= 0.3 is 0 Å². The molecular formula is C24H31ClN4O2S. The van der Waals surface area contributed by atoms with Gasteiger partial charge in [-0.05, 0) is 68.3 Å². The number of halogens is 1. The first-order chi connectivity index (χ1) is 15.4. The van der Waals surface area contributed by atoms with Crippen LogP contribution in [0.2, 0.25) is 5.02 Å². The number of likely N-dealkylation sites (N-methyl/N-ethyl adjacent to an activating group) is 1. The summed E-state index contributed by atoms with van der Waals surface area (Å²) in [5, 5.41) is 6.22. The van der Waals surface area contributed by atoms with Crippen LogP contribution >= 0.6 is 23.4 Å². The van der Waals surface area contributed by atoms with Gasteiger partial charge in [-0.15, -0.1) is 0 Å². The lowest BCUT2D eigenvalue weighted by atomic mass is 10.1. The van der Waals surface area contributed by atoms with Crippen molar-refractivity contribution in [2.24, 2.45) is 0 Å². The van der Waals surface area contributed by atoms with Crippen LogP contribution in [0.5, 0.6) is 0 Å². The highest BCUT2D eigenvalue weighted by molar-refractivity contribution is 7.98. The second-order valence-corrected chi connectivity index (χ2v) is 9.46. The number of hydrogen-bond donors (Lipinski definition) is 2. The minimum absolute atomic E-state index is 0.227. The SMILES string of the molecule is CSCC[C@H](NC(=O)c1ccccc1Cl)C(=O)Nc1ccc(N2CCN(C)CC2)cc1C. The number of rotatable bonds is 8. The van der Waals surface area contributed by atoms with Crippen molar-refractivity contribution in [3.05, 3.63) is 58.6 Å². The zero-order valence-electron chi connectivity index (χ0n) is 18.9. The van der Waals surface area contributed by atoms with E-state index in [-0.39, 0.29) is 11.8 Å². The summed E-state index contributed by atoms with van der Waals surface area (Å²) < 4.78 is 0. The van der Waals surface area contributed by atoms with Crippen LogP contribution in [-0.4, -0.2) is 68.0 Å². The Kier molecular flexibility index (Phi) is 8.84. The van der Waals surface area contributed by atoms with Gasteiger partial charge < -0.3 is 20.4 Å². The average molecular weight is 475 g/mol. The highest BCUT2D eigenvalue weighted by atomic mass is 35.5. The molecule has 32 heavy (non-hydrogen) atoms. The number of amides is 2. The van der Waals surface area contributed by atoms with E-state index in [1.807, 2.05) is 25.3 Å². The average Bonchev–Trinajstić information content (AvgIpc) is 2.78. The van der Waals surface area contributed by atoms with E-state index in [1.54, 1.807) is 36.0 Å². The van der Waals surface area contributed by atoms with Gasteiger partial charge in [0.2, 0.25) is 5.91 Å². The van der Waals surface area contributed by atoms with Crippen LogP contribution in [0.4, 0.5) is 11.4 Å². The Morgan fingerprint density at radius 1 is 1.12 bits per heavy atom. The van der Waals surface area contributed by atoms with Gasteiger partial charge in [0, 0.05) is 37.6 Å². The van der Waals surface area contributed by atoms with Gasteiger partial charge in [0.05, 0.1) is 10.6 Å². The molecule has 1 fully saturated rings. The normalized spacial score (nSPS) is 15.3. The van der Waals surface area contributed by atoms with Crippen molar-refractivity contribution in [1.29, 1.82) is 0 Å². The Morgan fingerprint density at radius 3 is 2.50 bits per heavy atom. The van der Waals surface area contributed by atoms with Crippen molar-refractivity contribution < 1.29 is 9.59 Å². The monoisotopic (exact) mass is 474 g/mol. The largest absolute Gasteiger partial charge is 0.369 e. The third-order valence-electron chi connectivity index (χ3n) is 5.69. The molecular weight excluding hydrogens is 444 g/mol. The Morgan fingerprint density at radius 2 is 1.84 bits per heavy atom. The van der Waals surface area contributed by atoms with Crippen molar-refractivity contribution >= 4 is 46.6 Å². The summed E-state index contributed by atoms with van der Waals surface area (Å²) in [5.41, 5.74) is 3.29.